The van der Waals surface area contributed by atoms with Crippen LogP contribution < -0.4 is 0 Å². The normalized spacial score (nSPS) is 11.4. The first kappa shape index (κ1) is 14.4. The zero-order valence-corrected chi connectivity index (χ0v) is 10.8. The molecule has 0 saturated carbocycles. The quantitative estimate of drug-likeness (QED) is 0.365. The van der Waals surface area contributed by atoms with Crippen molar-refractivity contribution in [2.45, 2.75) is 6.10 Å². The molecule has 2 aromatic carbocycles. The summed E-state index contributed by atoms with van der Waals surface area (Å²) >= 11 is 0. The van der Waals surface area contributed by atoms with Gasteiger partial charge in [0.05, 0.1) is 4.92 Å². The molecule has 0 radical (unpaired) electrons. The molecular formula is C15H11NO5. The van der Waals surface area contributed by atoms with Gasteiger partial charge in [0, 0.05) is 6.07 Å². The number of carbonyl (C=O) groups is 2. The lowest BCUT2D eigenvalue weighted by molar-refractivity contribution is -0.385. The Labute approximate surface area is 120 Å². The van der Waals surface area contributed by atoms with E-state index in [4.69, 9.17) is 4.74 Å². The second kappa shape index (κ2) is 6.42. The molecule has 1 atom stereocenters. The summed E-state index contributed by atoms with van der Waals surface area (Å²) in [5, 5.41) is 10.9. The number of ether oxygens (including phenoxy) is 1. The van der Waals surface area contributed by atoms with Gasteiger partial charge >= 0.3 is 5.97 Å². The van der Waals surface area contributed by atoms with Gasteiger partial charge in [0.25, 0.3) is 5.69 Å². The van der Waals surface area contributed by atoms with Gasteiger partial charge in [-0.05, 0) is 11.6 Å². The van der Waals surface area contributed by atoms with Crippen molar-refractivity contribution in [1.29, 1.82) is 0 Å². The molecule has 2 rings (SSSR count). The molecule has 0 amide bonds. The van der Waals surface area contributed by atoms with Gasteiger partial charge in [0.2, 0.25) is 0 Å². The largest absolute Gasteiger partial charge is 0.446 e. The smallest absolute Gasteiger partial charge is 0.346 e. The Morgan fingerprint density at radius 2 is 1.71 bits per heavy atom. The summed E-state index contributed by atoms with van der Waals surface area (Å²) in [6.07, 6.45) is -0.624. The molecule has 0 aliphatic heterocycles. The van der Waals surface area contributed by atoms with E-state index in [0.717, 1.165) is 0 Å². The molecule has 0 N–H and O–H groups in total. The molecule has 21 heavy (non-hydrogen) atoms. The maximum absolute atomic E-state index is 12.0. The third-order valence-electron chi connectivity index (χ3n) is 2.81. The molecule has 0 spiro atoms. The molecule has 0 aliphatic rings. The van der Waals surface area contributed by atoms with Crippen LogP contribution in [0.2, 0.25) is 0 Å². The molecule has 1 unspecified atom stereocenters. The molecule has 0 saturated heterocycles. The zero-order valence-electron chi connectivity index (χ0n) is 10.8. The first-order valence-electron chi connectivity index (χ1n) is 6.08. The van der Waals surface area contributed by atoms with Crippen LogP contribution in [0.5, 0.6) is 0 Å². The van der Waals surface area contributed by atoms with Gasteiger partial charge in [-0.2, -0.15) is 0 Å². The van der Waals surface area contributed by atoms with E-state index in [0.29, 0.717) is 11.8 Å². The van der Waals surface area contributed by atoms with Crippen LogP contribution in [0.4, 0.5) is 5.69 Å². The highest BCUT2D eigenvalue weighted by Crippen LogP contribution is 2.22. The van der Waals surface area contributed by atoms with E-state index >= 15 is 0 Å². The summed E-state index contributed by atoms with van der Waals surface area (Å²) in [6, 6.07) is 13.8. The number of esters is 1. The molecule has 0 heterocycles. The standard InChI is InChI=1S/C15H11NO5/c17-10-14(11-6-2-1-3-7-11)21-15(18)12-8-4-5-9-13(12)16(19)20/h1-10,14H. The van der Waals surface area contributed by atoms with Crippen LogP contribution in [0, 0.1) is 10.1 Å². The summed E-state index contributed by atoms with van der Waals surface area (Å²) in [5.41, 5.74) is -0.0510. The Hall–Kier alpha value is -3.02. The summed E-state index contributed by atoms with van der Waals surface area (Å²) in [7, 11) is 0. The lowest BCUT2D eigenvalue weighted by atomic mass is 10.1. The second-order valence-corrected chi connectivity index (χ2v) is 4.15. The van der Waals surface area contributed by atoms with Crippen molar-refractivity contribution in [2.24, 2.45) is 0 Å². The predicted octanol–water partition coefficient (Wildman–Crippen LogP) is 2.69. The highest BCUT2D eigenvalue weighted by molar-refractivity contribution is 5.94. The summed E-state index contributed by atoms with van der Waals surface area (Å²) in [4.78, 5) is 33.3. The molecule has 0 aromatic heterocycles. The number of hydrogen-bond acceptors (Lipinski definition) is 5. The predicted molar refractivity (Wildman–Crippen MR) is 73.8 cm³/mol. The lowest BCUT2D eigenvalue weighted by Gasteiger charge is -2.12. The second-order valence-electron chi connectivity index (χ2n) is 4.15. The molecule has 2 aromatic rings. The SMILES string of the molecule is O=CC(OC(=O)c1ccccc1[N+](=O)[O-])c1ccccc1. The van der Waals surface area contributed by atoms with Crippen LogP contribution in [-0.4, -0.2) is 17.2 Å². The van der Waals surface area contributed by atoms with Gasteiger partial charge in [-0.15, -0.1) is 0 Å². The first-order chi connectivity index (χ1) is 10.1. The summed E-state index contributed by atoms with van der Waals surface area (Å²) < 4.78 is 5.05. The number of para-hydroxylation sites is 1. The van der Waals surface area contributed by atoms with Crippen molar-refractivity contribution in [3.8, 4) is 0 Å². The van der Waals surface area contributed by atoms with Crippen LogP contribution in [0.25, 0.3) is 0 Å². The summed E-state index contributed by atoms with van der Waals surface area (Å²) in [5.74, 6) is -0.914. The fourth-order valence-electron chi connectivity index (χ4n) is 1.80. The van der Waals surface area contributed by atoms with Crippen molar-refractivity contribution in [3.05, 3.63) is 75.8 Å². The van der Waals surface area contributed by atoms with E-state index in [-0.39, 0.29) is 11.3 Å². The molecule has 6 heteroatoms. The monoisotopic (exact) mass is 285 g/mol. The van der Waals surface area contributed by atoms with E-state index in [9.17, 15) is 19.7 Å². The van der Waals surface area contributed by atoms with Crippen molar-refractivity contribution in [1.82, 2.24) is 0 Å². The summed E-state index contributed by atoms with van der Waals surface area (Å²) in [6.45, 7) is 0. The number of nitro groups is 1. The average molecular weight is 285 g/mol. The highest BCUT2D eigenvalue weighted by atomic mass is 16.6. The third kappa shape index (κ3) is 3.30. The van der Waals surface area contributed by atoms with Crippen LogP contribution in [0.15, 0.2) is 54.6 Å². The number of nitrogens with zero attached hydrogens (tertiary/aromatic N) is 1. The van der Waals surface area contributed by atoms with Crippen molar-refractivity contribution < 1.29 is 19.2 Å². The molecular weight excluding hydrogens is 274 g/mol. The third-order valence-corrected chi connectivity index (χ3v) is 2.81. The molecule has 0 fully saturated rings. The van der Waals surface area contributed by atoms with E-state index in [2.05, 4.69) is 0 Å². The molecule has 0 bridgehead atoms. The highest BCUT2D eigenvalue weighted by Gasteiger charge is 2.24. The number of benzene rings is 2. The topological polar surface area (TPSA) is 86.5 Å². The molecule has 6 nitrogen and oxygen atoms in total. The zero-order chi connectivity index (χ0) is 15.2. The van der Waals surface area contributed by atoms with Gasteiger partial charge in [0.15, 0.2) is 12.4 Å². The Bertz CT molecular complexity index is 669. The lowest BCUT2D eigenvalue weighted by Crippen LogP contribution is -2.14. The minimum Gasteiger partial charge on any atom is -0.446 e. The minimum atomic E-state index is -1.10. The number of carbonyl (C=O) groups excluding carboxylic acids is 2. The van der Waals surface area contributed by atoms with Crippen LogP contribution in [0.1, 0.15) is 22.0 Å². The van der Waals surface area contributed by atoms with Crippen molar-refractivity contribution in [3.63, 3.8) is 0 Å². The van der Waals surface area contributed by atoms with Crippen LogP contribution in [-0.2, 0) is 9.53 Å². The Morgan fingerprint density at radius 1 is 1.10 bits per heavy atom. The molecule has 106 valence electrons. The maximum Gasteiger partial charge on any atom is 0.346 e. The van der Waals surface area contributed by atoms with Gasteiger partial charge in [0.1, 0.15) is 5.56 Å². The number of aldehydes is 1. The van der Waals surface area contributed by atoms with Crippen molar-refractivity contribution in [2.75, 3.05) is 0 Å². The van der Waals surface area contributed by atoms with Gasteiger partial charge in [-0.3, -0.25) is 14.9 Å². The number of rotatable bonds is 5. The van der Waals surface area contributed by atoms with Crippen LogP contribution in [0.3, 0.4) is 0 Å². The maximum atomic E-state index is 12.0. The fourth-order valence-corrected chi connectivity index (χ4v) is 1.80. The van der Waals surface area contributed by atoms with Crippen LogP contribution >= 0.6 is 0 Å². The first-order valence-corrected chi connectivity index (χ1v) is 6.08. The Balaban J connectivity index is 2.25. The molecule has 0 aliphatic carbocycles. The Kier molecular flexibility index (Phi) is 4.40. The van der Waals surface area contributed by atoms with Gasteiger partial charge < -0.3 is 4.74 Å². The number of nitro benzene ring substituents is 1. The van der Waals surface area contributed by atoms with E-state index < -0.39 is 17.0 Å². The van der Waals surface area contributed by atoms with Gasteiger partial charge in [-0.1, -0.05) is 42.5 Å². The van der Waals surface area contributed by atoms with E-state index in [1.807, 2.05) is 0 Å². The fraction of sp³-hybridized carbons (Fsp3) is 0.0667. The van der Waals surface area contributed by atoms with Gasteiger partial charge in [-0.25, -0.2) is 4.79 Å². The van der Waals surface area contributed by atoms with E-state index in [1.54, 1.807) is 30.3 Å². The Morgan fingerprint density at radius 3 is 2.33 bits per heavy atom. The average Bonchev–Trinajstić information content (AvgIpc) is 2.53. The van der Waals surface area contributed by atoms with Crippen molar-refractivity contribution >= 4 is 17.9 Å². The van der Waals surface area contributed by atoms with E-state index in [1.165, 1.54) is 24.3 Å². The minimum absolute atomic E-state index is 0.190. The number of hydrogen-bond donors (Lipinski definition) is 0.